The molecule has 0 aliphatic heterocycles. The van der Waals surface area contributed by atoms with Gasteiger partial charge in [-0.25, -0.2) is 9.59 Å². The molecule has 0 radical (unpaired) electrons. The van der Waals surface area contributed by atoms with Gasteiger partial charge >= 0.3 is 11.9 Å². The summed E-state index contributed by atoms with van der Waals surface area (Å²) >= 11 is 0. The van der Waals surface area contributed by atoms with Crippen LogP contribution in [0.25, 0.3) is 0 Å². The zero-order valence-corrected chi connectivity index (χ0v) is 8.86. The van der Waals surface area contributed by atoms with Gasteiger partial charge in [-0.05, 0) is 48.9 Å². The monoisotopic (exact) mass is 220 g/mol. The van der Waals surface area contributed by atoms with E-state index in [9.17, 15) is 9.59 Å². The molecule has 0 saturated heterocycles. The number of aryl methyl sites for hydroxylation is 1. The highest BCUT2D eigenvalue weighted by Crippen LogP contribution is 2.43. The molecule has 84 valence electrons. The summed E-state index contributed by atoms with van der Waals surface area (Å²) in [6, 6.07) is 3.09. The summed E-state index contributed by atoms with van der Waals surface area (Å²) in [5.74, 6) is -1.99. The third kappa shape index (κ3) is 1.78. The third-order valence-electron chi connectivity index (χ3n) is 2.77. The van der Waals surface area contributed by atoms with Crippen molar-refractivity contribution in [1.82, 2.24) is 0 Å². The average molecular weight is 220 g/mol. The van der Waals surface area contributed by atoms with Crippen molar-refractivity contribution in [3.05, 3.63) is 34.4 Å². The number of hydrogen-bond acceptors (Lipinski definition) is 2. The van der Waals surface area contributed by atoms with Gasteiger partial charge < -0.3 is 10.2 Å². The van der Waals surface area contributed by atoms with E-state index in [1.165, 1.54) is 0 Å². The molecule has 4 nitrogen and oxygen atoms in total. The number of rotatable bonds is 3. The van der Waals surface area contributed by atoms with Crippen molar-refractivity contribution >= 4 is 11.9 Å². The molecule has 1 saturated carbocycles. The lowest BCUT2D eigenvalue weighted by Crippen LogP contribution is -2.10. The second-order valence-corrected chi connectivity index (χ2v) is 4.16. The van der Waals surface area contributed by atoms with Gasteiger partial charge in [0.2, 0.25) is 0 Å². The third-order valence-corrected chi connectivity index (χ3v) is 2.77. The molecule has 0 amide bonds. The molecule has 2 rings (SSSR count). The SMILES string of the molecule is Cc1cc(C(=O)O)c(C2CC2)c(C(=O)O)c1. The minimum absolute atomic E-state index is 0.109. The number of aromatic carboxylic acids is 2. The number of hydrogen-bond donors (Lipinski definition) is 2. The maximum atomic E-state index is 11.1. The van der Waals surface area contributed by atoms with Crippen molar-refractivity contribution in [2.24, 2.45) is 0 Å². The van der Waals surface area contributed by atoms with Crippen molar-refractivity contribution in [1.29, 1.82) is 0 Å². The maximum absolute atomic E-state index is 11.1. The van der Waals surface area contributed by atoms with Gasteiger partial charge in [-0.15, -0.1) is 0 Å². The summed E-state index contributed by atoms with van der Waals surface area (Å²) in [6.45, 7) is 1.70. The van der Waals surface area contributed by atoms with Crippen molar-refractivity contribution < 1.29 is 19.8 Å². The Morgan fingerprint density at radius 3 is 1.88 bits per heavy atom. The summed E-state index contributed by atoms with van der Waals surface area (Å²) in [5, 5.41) is 18.2. The Balaban J connectivity index is 2.67. The van der Waals surface area contributed by atoms with Crippen LogP contribution in [-0.2, 0) is 0 Å². The van der Waals surface area contributed by atoms with E-state index in [4.69, 9.17) is 10.2 Å². The molecule has 0 aromatic heterocycles. The second-order valence-electron chi connectivity index (χ2n) is 4.16. The van der Waals surface area contributed by atoms with Crippen LogP contribution in [0.15, 0.2) is 12.1 Å². The highest BCUT2D eigenvalue weighted by molar-refractivity contribution is 5.97. The molecule has 0 atom stereocenters. The largest absolute Gasteiger partial charge is 0.478 e. The minimum atomic E-state index is -1.05. The van der Waals surface area contributed by atoms with Gasteiger partial charge in [-0.1, -0.05) is 0 Å². The summed E-state index contributed by atoms with van der Waals surface area (Å²) in [7, 11) is 0. The highest BCUT2D eigenvalue weighted by atomic mass is 16.4. The van der Waals surface area contributed by atoms with Crippen LogP contribution in [0.2, 0.25) is 0 Å². The summed E-state index contributed by atoms with van der Waals surface area (Å²) in [6.07, 6.45) is 1.76. The quantitative estimate of drug-likeness (QED) is 0.819. The Morgan fingerprint density at radius 2 is 1.56 bits per heavy atom. The molecule has 2 N–H and O–H groups in total. The number of benzene rings is 1. The fourth-order valence-corrected chi connectivity index (χ4v) is 1.96. The van der Waals surface area contributed by atoms with Gasteiger partial charge in [0.25, 0.3) is 0 Å². The number of carbonyl (C=O) groups is 2. The van der Waals surface area contributed by atoms with E-state index < -0.39 is 11.9 Å². The van der Waals surface area contributed by atoms with E-state index in [1.807, 2.05) is 0 Å². The molecule has 0 bridgehead atoms. The molecule has 1 aliphatic rings. The molecule has 1 aromatic rings. The predicted octanol–water partition coefficient (Wildman–Crippen LogP) is 2.27. The molecule has 0 heterocycles. The fraction of sp³-hybridized carbons (Fsp3) is 0.333. The molecule has 1 aliphatic carbocycles. The van der Waals surface area contributed by atoms with E-state index >= 15 is 0 Å². The average Bonchev–Trinajstić information content (AvgIpc) is 2.99. The standard InChI is InChI=1S/C12H12O4/c1-6-4-8(11(13)14)10(7-2-3-7)9(5-6)12(15)16/h4-5,7H,2-3H2,1H3,(H,13,14)(H,15,16). The summed E-state index contributed by atoms with van der Waals surface area (Å²) in [5.41, 5.74) is 1.43. The van der Waals surface area contributed by atoms with Crippen LogP contribution < -0.4 is 0 Å². The molecule has 4 heteroatoms. The number of carboxylic acid groups (broad SMARTS) is 2. The second kappa shape index (κ2) is 3.63. The molecular formula is C12H12O4. The zero-order valence-electron chi connectivity index (χ0n) is 8.86. The van der Waals surface area contributed by atoms with Crippen molar-refractivity contribution in [2.75, 3.05) is 0 Å². The lowest BCUT2D eigenvalue weighted by molar-refractivity contribution is 0.0695. The van der Waals surface area contributed by atoms with E-state index in [-0.39, 0.29) is 17.0 Å². The van der Waals surface area contributed by atoms with Crippen LogP contribution in [0, 0.1) is 6.92 Å². The first-order valence-corrected chi connectivity index (χ1v) is 5.12. The zero-order chi connectivity index (χ0) is 11.9. The molecular weight excluding hydrogens is 208 g/mol. The van der Waals surface area contributed by atoms with Crippen LogP contribution in [0.3, 0.4) is 0 Å². The van der Waals surface area contributed by atoms with E-state index in [0.717, 1.165) is 12.8 Å². The van der Waals surface area contributed by atoms with E-state index in [2.05, 4.69) is 0 Å². The molecule has 1 aromatic carbocycles. The molecule has 1 fully saturated rings. The molecule has 16 heavy (non-hydrogen) atoms. The Hall–Kier alpha value is -1.84. The lowest BCUT2D eigenvalue weighted by atomic mass is 9.94. The maximum Gasteiger partial charge on any atom is 0.336 e. The Bertz CT molecular complexity index is 437. The fourth-order valence-electron chi connectivity index (χ4n) is 1.96. The summed E-state index contributed by atoms with van der Waals surface area (Å²) in [4.78, 5) is 22.2. The van der Waals surface area contributed by atoms with Crippen LogP contribution in [-0.4, -0.2) is 22.2 Å². The van der Waals surface area contributed by atoms with Crippen LogP contribution in [0.4, 0.5) is 0 Å². The topological polar surface area (TPSA) is 74.6 Å². The van der Waals surface area contributed by atoms with Gasteiger partial charge in [0.05, 0.1) is 11.1 Å². The van der Waals surface area contributed by atoms with Crippen LogP contribution in [0.1, 0.15) is 50.6 Å². The predicted molar refractivity (Wildman–Crippen MR) is 57.1 cm³/mol. The number of carboxylic acids is 2. The highest BCUT2D eigenvalue weighted by Gasteiger charge is 2.32. The van der Waals surface area contributed by atoms with E-state index in [0.29, 0.717) is 11.1 Å². The van der Waals surface area contributed by atoms with Gasteiger partial charge in [0.15, 0.2) is 0 Å². The van der Waals surface area contributed by atoms with E-state index in [1.54, 1.807) is 19.1 Å². The smallest absolute Gasteiger partial charge is 0.336 e. The Morgan fingerprint density at radius 1 is 1.12 bits per heavy atom. The normalized spacial score (nSPS) is 14.8. The summed E-state index contributed by atoms with van der Waals surface area (Å²) < 4.78 is 0. The van der Waals surface area contributed by atoms with Gasteiger partial charge in [-0.2, -0.15) is 0 Å². The van der Waals surface area contributed by atoms with Crippen LogP contribution in [0.5, 0.6) is 0 Å². The van der Waals surface area contributed by atoms with Gasteiger partial charge in [0.1, 0.15) is 0 Å². The van der Waals surface area contributed by atoms with Crippen molar-refractivity contribution in [3.63, 3.8) is 0 Å². The Kier molecular flexibility index (Phi) is 2.42. The minimum Gasteiger partial charge on any atom is -0.478 e. The van der Waals surface area contributed by atoms with Gasteiger partial charge in [0, 0.05) is 0 Å². The first-order valence-electron chi connectivity index (χ1n) is 5.12. The van der Waals surface area contributed by atoms with Crippen LogP contribution >= 0.6 is 0 Å². The lowest BCUT2D eigenvalue weighted by Gasteiger charge is -2.10. The first kappa shape index (κ1) is 10.7. The molecule has 0 unspecified atom stereocenters. The van der Waals surface area contributed by atoms with Gasteiger partial charge in [-0.3, -0.25) is 0 Å². The van der Waals surface area contributed by atoms with Crippen molar-refractivity contribution in [3.8, 4) is 0 Å². The van der Waals surface area contributed by atoms with Crippen molar-refractivity contribution in [2.45, 2.75) is 25.7 Å². The first-order chi connectivity index (χ1) is 7.50. The molecule has 0 spiro atoms. The Labute approximate surface area is 92.5 Å².